The summed E-state index contributed by atoms with van der Waals surface area (Å²) in [7, 11) is -2.10. The van der Waals surface area contributed by atoms with Crippen LogP contribution in [-0.4, -0.2) is 64.8 Å². The van der Waals surface area contributed by atoms with Crippen molar-refractivity contribution in [3.8, 4) is 6.07 Å². The van der Waals surface area contributed by atoms with Gasteiger partial charge in [-0.1, -0.05) is 6.42 Å². The van der Waals surface area contributed by atoms with E-state index in [2.05, 4.69) is 10.0 Å². The predicted molar refractivity (Wildman–Crippen MR) is 149 cm³/mol. The quantitative estimate of drug-likeness (QED) is 0.356. The van der Waals surface area contributed by atoms with Gasteiger partial charge in [0.05, 0.1) is 16.1 Å². The SMILES string of the molecule is C[C@@]1(C(=O)NS(=O)c2cc(F)c(N[C@H](CCN3CC(F)C3)CSc3ccc(F)cc3)c(C#N)c2)CCCCCO1. The van der Waals surface area contributed by atoms with Crippen molar-refractivity contribution in [3.63, 3.8) is 0 Å². The second kappa shape index (κ2) is 13.9. The van der Waals surface area contributed by atoms with E-state index in [4.69, 9.17) is 4.74 Å². The molecule has 3 atom stereocenters. The number of amides is 1. The number of ether oxygens (including phenoxy) is 1. The van der Waals surface area contributed by atoms with Crippen LogP contribution in [0.5, 0.6) is 0 Å². The second-order valence-electron chi connectivity index (χ2n) is 10.3. The minimum atomic E-state index is -2.10. The lowest BCUT2D eigenvalue weighted by molar-refractivity contribution is -0.142. The number of carbonyl (C=O) groups excluding carboxylic acids is 1. The fraction of sp³-hybridized carbons (Fsp3) is 0.500. The third-order valence-corrected chi connectivity index (χ3v) is 9.31. The van der Waals surface area contributed by atoms with Gasteiger partial charge in [-0.2, -0.15) is 5.26 Å². The van der Waals surface area contributed by atoms with Crippen LogP contribution < -0.4 is 10.0 Å². The first-order valence-corrected chi connectivity index (χ1v) is 15.4. The average Bonchev–Trinajstić information content (AvgIpc) is 3.15. The number of nitrogens with one attached hydrogen (secondary N) is 2. The monoisotopic (exact) mass is 594 g/mol. The van der Waals surface area contributed by atoms with Gasteiger partial charge in [-0.3, -0.25) is 14.4 Å². The van der Waals surface area contributed by atoms with E-state index in [1.807, 2.05) is 11.0 Å². The van der Waals surface area contributed by atoms with Gasteiger partial charge in [0, 0.05) is 42.9 Å². The van der Waals surface area contributed by atoms with Crippen molar-refractivity contribution in [1.29, 1.82) is 5.26 Å². The highest BCUT2D eigenvalue weighted by molar-refractivity contribution is 7.99. The minimum Gasteiger partial charge on any atom is -0.378 e. The average molecular weight is 595 g/mol. The molecule has 2 aromatic rings. The number of halogens is 3. The Bertz CT molecular complexity index is 1240. The topological polar surface area (TPSA) is 94.5 Å². The second-order valence-corrected chi connectivity index (χ2v) is 12.6. The molecule has 2 fully saturated rings. The van der Waals surface area contributed by atoms with Crippen LogP contribution in [0.2, 0.25) is 0 Å². The van der Waals surface area contributed by atoms with Gasteiger partial charge in [0.25, 0.3) is 5.91 Å². The van der Waals surface area contributed by atoms with E-state index < -0.39 is 34.5 Å². The molecule has 216 valence electrons. The van der Waals surface area contributed by atoms with Gasteiger partial charge in [0.15, 0.2) is 11.0 Å². The minimum absolute atomic E-state index is 0.0367. The van der Waals surface area contributed by atoms with Crippen molar-refractivity contribution in [3.05, 3.63) is 53.6 Å². The molecule has 7 nitrogen and oxygen atoms in total. The molecule has 0 spiro atoms. The smallest absolute Gasteiger partial charge is 0.263 e. The van der Waals surface area contributed by atoms with E-state index in [1.54, 1.807) is 19.1 Å². The van der Waals surface area contributed by atoms with Crippen LogP contribution in [0.1, 0.15) is 44.6 Å². The molecule has 4 rings (SSSR count). The van der Waals surface area contributed by atoms with Crippen LogP contribution in [0.4, 0.5) is 18.9 Å². The summed E-state index contributed by atoms with van der Waals surface area (Å²) in [5, 5.41) is 12.9. The molecule has 12 heteroatoms. The normalized spacial score (nSPS) is 21.5. The van der Waals surface area contributed by atoms with Crippen LogP contribution in [0.15, 0.2) is 46.2 Å². The van der Waals surface area contributed by atoms with Gasteiger partial charge in [-0.25, -0.2) is 17.4 Å². The van der Waals surface area contributed by atoms with E-state index in [1.165, 1.54) is 30.0 Å². The van der Waals surface area contributed by atoms with Crippen molar-refractivity contribution in [2.24, 2.45) is 0 Å². The summed E-state index contributed by atoms with van der Waals surface area (Å²) in [4.78, 5) is 15.6. The Morgan fingerprint density at radius 2 is 2.00 bits per heavy atom. The Hall–Kier alpha value is -2.59. The lowest BCUT2D eigenvalue weighted by atomic mass is 9.99. The maximum Gasteiger partial charge on any atom is 0.263 e. The fourth-order valence-electron chi connectivity index (χ4n) is 4.62. The molecule has 2 N–H and O–H groups in total. The number of carbonyl (C=O) groups is 1. The summed E-state index contributed by atoms with van der Waals surface area (Å²) in [5.74, 6) is -1.19. The van der Waals surface area contributed by atoms with Crippen LogP contribution in [0, 0.1) is 23.0 Å². The Morgan fingerprint density at radius 1 is 1.25 bits per heavy atom. The van der Waals surface area contributed by atoms with E-state index in [0.29, 0.717) is 44.8 Å². The van der Waals surface area contributed by atoms with Crippen LogP contribution >= 0.6 is 11.8 Å². The largest absolute Gasteiger partial charge is 0.378 e. The van der Waals surface area contributed by atoms with Crippen LogP contribution in [-0.2, 0) is 20.5 Å². The molecule has 2 saturated heterocycles. The Labute approximate surface area is 239 Å². The maximum atomic E-state index is 15.4. The van der Waals surface area contributed by atoms with E-state index >= 15 is 4.39 Å². The van der Waals surface area contributed by atoms with Gasteiger partial charge >= 0.3 is 0 Å². The molecule has 40 heavy (non-hydrogen) atoms. The first-order valence-electron chi connectivity index (χ1n) is 13.3. The molecule has 2 heterocycles. The zero-order chi connectivity index (χ0) is 28.7. The third kappa shape index (κ3) is 8.00. The van der Waals surface area contributed by atoms with Gasteiger partial charge in [-0.05, 0) is 69.0 Å². The summed E-state index contributed by atoms with van der Waals surface area (Å²) < 4.78 is 63.0. The number of anilines is 1. The fourth-order valence-corrected chi connectivity index (χ4v) is 6.53. The number of nitriles is 1. The van der Waals surface area contributed by atoms with Crippen molar-refractivity contribution < 1.29 is 26.9 Å². The molecule has 1 unspecified atom stereocenters. The summed E-state index contributed by atoms with van der Waals surface area (Å²) >= 11 is 1.45. The number of thioether (sulfide) groups is 1. The lowest BCUT2D eigenvalue weighted by Gasteiger charge is -2.35. The Balaban J connectivity index is 1.47. The Kier molecular flexibility index (Phi) is 10.5. The highest BCUT2D eigenvalue weighted by atomic mass is 32.2. The van der Waals surface area contributed by atoms with Crippen LogP contribution in [0.3, 0.4) is 0 Å². The Morgan fingerprint density at radius 3 is 2.70 bits per heavy atom. The zero-order valence-electron chi connectivity index (χ0n) is 22.3. The summed E-state index contributed by atoms with van der Waals surface area (Å²) in [5.41, 5.74) is -1.22. The standard InChI is InChI=1S/C28H33F3N4O3S2/c1-28(10-3-2-4-12-38-28)27(36)34-40(37)24-13-19(15-32)26(25(31)14-24)33-22(9-11-35-16-21(30)17-35)18-39-23-7-5-20(29)6-8-23/h5-8,13-14,21-22,33H,2-4,9-12,16-18H2,1H3,(H,34,36)/t22-,28+,40?/m1/s1. The van der Waals surface area contributed by atoms with Crippen molar-refractivity contribution >= 4 is 34.3 Å². The molecule has 0 saturated carbocycles. The highest BCUT2D eigenvalue weighted by Crippen LogP contribution is 2.29. The molecule has 0 aromatic heterocycles. The highest BCUT2D eigenvalue weighted by Gasteiger charge is 2.36. The number of rotatable bonds is 11. The molecule has 0 radical (unpaired) electrons. The van der Waals surface area contributed by atoms with Crippen molar-refractivity contribution in [2.45, 2.75) is 66.6 Å². The van der Waals surface area contributed by atoms with E-state index in [0.717, 1.165) is 30.2 Å². The first-order chi connectivity index (χ1) is 19.2. The number of alkyl halides is 1. The maximum absolute atomic E-state index is 15.4. The van der Waals surface area contributed by atoms with E-state index in [9.17, 15) is 23.0 Å². The number of hydrogen-bond donors (Lipinski definition) is 2. The summed E-state index contributed by atoms with van der Waals surface area (Å²) in [6.45, 7) is 3.37. The van der Waals surface area contributed by atoms with Crippen LogP contribution in [0.25, 0.3) is 0 Å². The van der Waals surface area contributed by atoms with E-state index in [-0.39, 0.29) is 28.0 Å². The molecule has 2 aliphatic rings. The first kappa shape index (κ1) is 30.4. The zero-order valence-corrected chi connectivity index (χ0v) is 23.9. The van der Waals surface area contributed by atoms with Gasteiger partial charge < -0.3 is 10.1 Å². The molecule has 0 bridgehead atoms. The number of likely N-dealkylation sites (tertiary alicyclic amines) is 1. The number of benzene rings is 2. The van der Waals surface area contributed by atoms with Gasteiger partial charge in [0.2, 0.25) is 0 Å². The molecule has 1 amide bonds. The third-order valence-electron chi connectivity index (χ3n) is 7.10. The predicted octanol–water partition coefficient (Wildman–Crippen LogP) is 4.94. The number of nitrogens with zero attached hydrogens (tertiary/aromatic N) is 2. The molecular weight excluding hydrogens is 561 g/mol. The number of hydrogen-bond acceptors (Lipinski definition) is 7. The summed E-state index contributed by atoms with van der Waals surface area (Å²) in [6.07, 6.45) is 2.78. The van der Waals surface area contributed by atoms with Gasteiger partial charge in [-0.15, -0.1) is 11.8 Å². The molecule has 2 aliphatic heterocycles. The van der Waals surface area contributed by atoms with Crippen molar-refractivity contribution in [2.75, 3.05) is 37.3 Å². The molecular formula is C28H33F3N4O3S2. The van der Waals surface area contributed by atoms with Gasteiger partial charge in [0.1, 0.15) is 29.5 Å². The van der Waals surface area contributed by atoms with Crippen molar-refractivity contribution in [1.82, 2.24) is 9.62 Å². The summed E-state index contributed by atoms with van der Waals surface area (Å²) in [6, 6.07) is 10.0. The lowest BCUT2D eigenvalue weighted by Crippen LogP contribution is -2.49. The molecule has 2 aromatic carbocycles. The molecule has 0 aliphatic carbocycles.